The van der Waals surface area contributed by atoms with E-state index in [1.807, 2.05) is 5.43 Å². The van der Waals surface area contributed by atoms with Gasteiger partial charge in [0.2, 0.25) is 0 Å². The molecule has 0 aliphatic heterocycles. The summed E-state index contributed by atoms with van der Waals surface area (Å²) >= 11 is 0. The number of nitrogens with one attached hydrogen (secondary N) is 2. The SMILES string of the molecule is N=C(N)C(=CO)NN. The van der Waals surface area contributed by atoms with Crippen LogP contribution in [-0.4, -0.2) is 10.9 Å². The van der Waals surface area contributed by atoms with Crippen LogP contribution in [0.2, 0.25) is 0 Å². The highest BCUT2D eigenvalue weighted by Crippen LogP contribution is 1.78. The topological polar surface area (TPSA) is 108 Å². The summed E-state index contributed by atoms with van der Waals surface area (Å²) in [5.41, 5.74) is 6.89. The molecule has 0 fully saturated rings. The van der Waals surface area contributed by atoms with Crippen LogP contribution in [0.5, 0.6) is 0 Å². The molecule has 0 saturated carbocycles. The number of hydrogen-bond donors (Lipinski definition) is 5. The Bertz CT molecular complexity index is 118. The molecule has 0 aliphatic rings. The maximum atomic E-state index is 8.17. The van der Waals surface area contributed by atoms with Crippen LogP contribution in [0.15, 0.2) is 12.0 Å². The lowest BCUT2D eigenvalue weighted by Crippen LogP contribution is -2.30. The summed E-state index contributed by atoms with van der Waals surface area (Å²) in [5, 5.41) is 14.8. The fourth-order valence-corrected chi connectivity index (χ4v) is 0.185. The number of hydrazine groups is 1. The lowest BCUT2D eigenvalue weighted by atomic mass is 10.5. The van der Waals surface area contributed by atoms with Crippen molar-refractivity contribution in [1.82, 2.24) is 5.43 Å². The van der Waals surface area contributed by atoms with Crippen LogP contribution in [-0.2, 0) is 0 Å². The van der Waals surface area contributed by atoms with E-state index in [-0.39, 0.29) is 11.5 Å². The fourth-order valence-electron chi connectivity index (χ4n) is 0.185. The van der Waals surface area contributed by atoms with E-state index in [0.717, 1.165) is 0 Å². The Morgan fingerprint density at radius 1 is 1.75 bits per heavy atom. The molecule has 0 aromatic rings. The highest BCUT2D eigenvalue weighted by Gasteiger charge is 1.93. The quantitative estimate of drug-likeness (QED) is 0.102. The minimum absolute atomic E-state index is 0.00463. The van der Waals surface area contributed by atoms with Gasteiger partial charge in [-0.2, -0.15) is 0 Å². The molecule has 0 heterocycles. The number of aliphatic hydroxyl groups excluding tert-OH is 1. The second-order valence-corrected chi connectivity index (χ2v) is 1.10. The molecule has 0 aromatic carbocycles. The van der Waals surface area contributed by atoms with E-state index in [1.54, 1.807) is 0 Å². The molecule has 0 aliphatic carbocycles. The van der Waals surface area contributed by atoms with Crippen molar-refractivity contribution in [2.75, 3.05) is 0 Å². The van der Waals surface area contributed by atoms with Gasteiger partial charge in [0.1, 0.15) is 17.8 Å². The minimum Gasteiger partial charge on any atom is -0.513 e. The summed E-state index contributed by atoms with van der Waals surface area (Å²) in [6, 6.07) is 0. The molecular formula is C3H8N4O. The zero-order valence-corrected chi connectivity index (χ0v) is 4.18. The van der Waals surface area contributed by atoms with Gasteiger partial charge in [-0.25, -0.2) is 0 Å². The molecule has 7 N–H and O–H groups in total. The van der Waals surface area contributed by atoms with E-state index in [4.69, 9.17) is 22.1 Å². The summed E-state index contributed by atoms with van der Waals surface area (Å²) in [6.07, 6.45) is 0.627. The molecule has 0 unspecified atom stereocenters. The molecule has 0 aromatic heterocycles. The van der Waals surface area contributed by atoms with Crippen molar-refractivity contribution in [3.8, 4) is 0 Å². The van der Waals surface area contributed by atoms with Crippen molar-refractivity contribution in [2.24, 2.45) is 11.6 Å². The number of aliphatic hydroxyl groups is 1. The third-order valence-corrected chi connectivity index (χ3v) is 0.575. The van der Waals surface area contributed by atoms with E-state index in [0.29, 0.717) is 6.26 Å². The average molecular weight is 116 g/mol. The Labute approximate surface area is 46.5 Å². The van der Waals surface area contributed by atoms with Crippen LogP contribution in [0.3, 0.4) is 0 Å². The molecule has 5 heteroatoms. The summed E-state index contributed by atoms with van der Waals surface area (Å²) in [4.78, 5) is 0. The van der Waals surface area contributed by atoms with Gasteiger partial charge in [0.25, 0.3) is 0 Å². The van der Waals surface area contributed by atoms with E-state index in [1.165, 1.54) is 0 Å². The fraction of sp³-hybridized carbons (Fsp3) is 0. The summed E-state index contributed by atoms with van der Waals surface area (Å²) < 4.78 is 0. The van der Waals surface area contributed by atoms with Gasteiger partial charge >= 0.3 is 0 Å². The summed E-state index contributed by atoms with van der Waals surface area (Å²) in [6.45, 7) is 0. The van der Waals surface area contributed by atoms with Gasteiger partial charge in [-0.1, -0.05) is 0 Å². The first-order valence-electron chi connectivity index (χ1n) is 1.87. The van der Waals surface area contributed by atoms with Gasteiger partial charge in [0, 0.05) is 0 Å². The first kappa shape index (κ1) is 6.77. The van der Waals surface area contributed by atoms with Crippen molar-refractivity contribution in [1.29, 1.82) is 5.41 Å². The van der Waals surface area contributed by atoms with Gasteiger partial charge in [-0.05, 0) is 0 Å². The van der Waals surface area contributed by atoms with E-state index >= 15 is 0 Å². The zero-order chi connectivity index (χ0) is 6.57. The lowest BCUT2D eigenvalue weighted by molar-refractivity contribution is 0.465. The first-order valence-corrected chi connectivity index (χ1v) is 1.87. The Hall–Kier alpha value is -1.23. The van der Waals surface area contributed by atoms with Crippen molar-refractivity contribution < 1.29 is 5.11 Å². The molecule has 0 saturated heterocycles. The predicted molar refractivity (Wildman–Crippen MR) is 29.9 cm³/mol. The Balaban J connectivity index is 3.92. The van der Waals surface area contributed by atoms with Gasteiger partial charge in [0.05, 0.1) is 0 Å². The van der Waals surface area contributed by atoms with Crippen LogP contribution < -0.4 is 17.0 Å². The molecule has 0 spiro atoms. The van der Waals surface area contributed by atoms with Crippen LogP contribution in [0, 0.1) is 5.41 Å². The molecule has 0 rings (SSSR count). The molecule has 0 bridgehead atoms. The van der Waals surface area contributed by atoms with Crippen LogP contribution in [0.1, 0.15) is 0 Å². The van der Waals surface area contributed by atoms with Gasteiger partial charge in [-0.3, -0.25) is 11.3 Å². The van der Waals surface area contributed by atoms with E-state index in [9.17, 15) is 0 Å². The monoisotopic (exact) mass is 116 g/mol. The first-order chi connectivity index (χ1) is 3.72. The third-order valence-electron chi connectivity index (χ3n) is 0.575. The number of amidine groups is 1. The van der Waals surface area contributed by atoms with E-state index < -0.39 is 0 Å². The van der Waals surface area contributed by atoms with Crippen molar-refractivity contribution in [3.05, 3.63) is 12.0 Å². The third kappa shape index (κ3) is 1.48. The number of hydrogen-bond acceptors (Lipinski definition) is 4. The minimum atomic E-state index is -0.296. The second-order valence-electron chi connectivity index (χ2n) is 1.10. The normalized spacial score (nSPS) is 10.9. The molecular weight excluding hydrogens is 108 g/mol. The van der Waals surface area contributed by atoms with Gasteiger partial charge < -0.3 is 16.3 Å². The average Bonchev–Trinajstić information content (AvgIpc) is 1.69. The molecule has 8 heavy (non-hydrogen) atoms. The second kappa shape index (κ2) is 2.86. The number of rotatable bonds is 2. The molecule has 0 atom stereocenters. The van der Waals surface area contributed by atoms with Crippen molar-refractivity contribution >= 4 is 5.84 Å². The Morgan fingerprint density at radius 2 is 2.25 bits per heavy atom. The highest BCUT2D eigenvalue weighted by molar-refractivity contribution is 5.93. The molecule has 0 amide bonds. The van der Waals surface area contributed by atoms with Crippen LogP contribution >= 0.6 is 0 Å². The predicted octanol–water partition coefficient (Wildman–Crippen LogP) is -1.21. The van der Waals surface area contributed by atoms with Crippen LogP contribution in [0.25, 0.3) is 0 Å². The molecule has 5 nitrogen and oxygen atoms in total. The van der Waals surface area contributed by atoms with Crippen LogP contribution in [0.4, 0.5) is 0 Å². The zero-order valence-electron chi connectivity index (χ0n) is 4.18. The van der Waals surface area contributed by atoms with Crippen molar-refractivity contribution in [2.45, 2.75) is 0 Å². The van der Waals surface area contributed by atoms with Crippen molar-refractivity contribution in [3.63, 3.8) is 0 Å². The Kier molecular flexibility index (Phi) is 2.42. The Morgan fingerprint density at radius 3 is 2.25 bits per heavy atom. The highest BCUT2D eigenvalue weighted by atomic mass is 16.2. The molecule has 0 radical (unpaired) electrons. The smallest absolute Gasteiger partial charge is 0.143 e. The van der Waals surface area contributed by atoms with Gasteiger partial charge in [-0.15, -0.1) is 0 Å². The maximum Gasteiger partial charge on any atom is 0.143 e. The largest absolute Gasteiger partial charge is 0.513 e. The lowest BCUT2D eigenvalue weighted by Gasteiger charge is -1.98. The maximum absolute atomic E-state index is 8.17. The standard InChI is InChI=1S/C3H8N4O/c4-3(5)2(1-8)7-6/h1,7-8H,6H2,(H3,4,5). The summed E-state index contributed by atoms with van der Waals surface area (Å²) in [7, 11) is 0. The number of nitrogens with two attached hydrogens (primary N) is 2. The van der Waals surface area contributed by atoms with Gasteiger partial charge in [0.15, 0.2) is 0 Å². The summed E-state index contributed by atoms with van der Waals surface area (Å²) in [5.74, 6) is 4.49. The van der Waals surface area contributed by atoms with E-state index in [2.05, 4.69) is 0 Å². The molecule has 46 valence electrons.